The van der Waals surface area contributed by atoms with Gasteiger partial charge in [0.2, 0.25) is 0 Å². The predicted molar refractivity (Wildman–Crippen MR) is 171 cm³/mol. The summed E-state index contributed by atoms with van der Waals surface area (Å²) in [7, 11) is -4.69. The topological polar surface area (TPSA) is 65.1 Å². The average Bonchev–Trinajstić information content (AvgIpc) is 2.91. The van der Waals surface area contributed by atoms with Gasteiger partial charge in [-0.3, -0.25) is 4.31 Å². The van der Waals surface area contributed by atoms with Crippen LogP contribution in [0.5, 0.6) is 11.5 Å². The normalized spacial score (nSPS) is 17.7. The van der Waals surface area contributed by atoms with E-state index in [0.717, 1.165) is 5.56 Å². The fourth-order valence-electron chi connectivity index (χ4n) is 4.49. The number of nitrogens with zero attached hydrogens (tertiary/aromatic N) is 1. The van der Waals surface area contributed by atoms with E-state index in [1.165, 1.54) is 23.5 Å². The minimum atomic E-state index is -4.06. The number of fused-ring (bicyclic) bond motifs is 1. The number of benzene rings is 3. The Bertz CT molecular complexity index is 1580. The van der Waals surface area contributed by atoms with Crippen LogP contribution in [-0.2, 0) is 14.4 Å². The second kappa shape index (κ2) is 12.0. The average molecular weight is 632 g/mol. The molecular weight excluding hydrogens is 593 g/mol. The SMILES string of the molecule is COc1cc(S(=O)(=O)N2c3cc(C=Cc4c(F)cccc4Cl)ccc3OC(CO[Si](C)(C)C(C)(C)C)C2C)ccc1C. The molecule has 0 spiro atoms. The van der Waals surface area contributed by atoms with Gasteiger partial charge in [0, 0.05) is 11.6 Å². The molecule has 0 N–H and O–H groups in total. The van der Waals surface area contributed by atoms with Crippen molar-refractivity contribution < 1.29 is 26.7 Å². The van der Waals surface area contributed by atoms with E-state index in [9.17, 15) is 12.8 Å². The summed E-state index contributed by atoms with van der Waals surface area (Å²) in [5, 5.41) is 0.262. The molecule has 0 amide bonds. The third kappa shape index (κ3) is 6.39. The number of methoxy groups -OCH3 is 1. The number of sulfonamides is 1. The van der Waals surface area contributed by atoms with Crippen molar-refractivity contribution in [3.63, 3.8) is 0 Å². The third-order valence-corrected chi connectivity index (χ3v) is 14.9. The number of halogens is 2. The Hall–Kier alpha value is -2.85. The van der Waals surface area contributed by atoms with E-state index >= 15 is 0 Å². The first-order chi connectivity index (χ1) is 19.6. The largest absolute Gasteiger partial charge is 0.496 e. The monoisotopic (exact) mass is 631 g/mol. The Kier molecular flexibility index (Phi) is 9.19. The maximum atomic E-state index is 14.4. The highest BCUT2D eigenvalue weighted by Gasteiger charge is 2.43. The fourth-order valence-corrected chi connectivity index (χ4v) is 7.43. The molecule has 1 aliphatic rings. The number of hydrogen-bond donors (Lipinski definition) is 0. The summed E-state index contributed by atoms with van der Waals surface area (Å²) in [5.74, 6) is 0.449. The molecule has 0 aromatic heterocycles. The molecule has 0 saturated carbocycles. The molecule has 2 atom stereocenters. The minimum absolute atomic E-state index is 0.0185. The summed E-state index contributed by atoms with van der Waals surface area (Å²) in [5.41, 5.74) is 2.11. The van der Waals surface area contributed by atoms with Gasteiger partial charge in [-0.2, -0.15) is 0 Å². The van der Waals surface area contributed by atoms with Gasteiger partial charge in [-0.05, 0) is 79.5 Å². The van der Waals surface area contributed by atoms with Crippen molar-refractivity contribution in [1.29, 1.82) is 0 Å². The number of aryl methyl sites for hydroxylation is 1. The van der Waals surface area contributed by atoms with E-state index in [4.69, 9.17) is 25.5 Å². The lowest BCUT2D eigenvalue weighted by Gasteiger charge is -2.43. The van der Waals surface area contributed by atoms with Crippen LogP contribution in [0.1, 0.15) is 44.4 Å². The first kappa shape index (κ1) is 32.1. The summed E-state index contributed by atoms with van der Waals surface area (Å²) >= 11 is 6.20. The Morgan fingerprint density at radius 1 is 1.10 bits per heavy atom. The van der Waals surface area contributed by atoms with Gasteiger partial charge in [0.25, 0.3) is 10.0 Å². The second-order valence-corrected chi connectivity index (χ2v) is 19.1. The van der Waals surface area contributed by atoms with Gasteiger partial charge in [-0.15, -0.1) is 0 Å². The zero-order valence-corrected chi connectivity index (χ0v) is 27.9. The molecule has 0 saturated heterocycles. The van der Waals surface area contributed by atoms with Gasteiger partial charge >= 0.3 is 0 Å². The fraction of sp³-hybridized carbons (Fsp3) is 0.375. The molecule has 42 heavy (non-hydrogen) atoms. The van der Waals surface area contributed by atoms with Crippen LogP contribution in [0.25, 0.3) is 12.2 Å². The highest BCUT2D eigenvalue weighted by Crippen LogP contribution is 2.43. The smallest absolute Gasteiger partial charge is 0.264 e. The maximum Gasteiger partial charge on any atom is 0.264 e. The van der Waals surface area contributed by atoms with Crippen LogP contribution in [0, 0.1) is 12.7 Å². The lowest BCUT2D eigenvalue weighted by atomic mass is 10.1. The van der Waals surface area contributed by atoms with Crippen molar-refractivity contribution in [3.05, 3.63) is 82.1 Å². The van der Waals surface area contributed by atoms with E-state index in [1.54, 1.807) is 54.6 Å². The van der Waals surface area contributed by atoms with E-state index in [-0.39, 0.29) is 27.1 Å². The summed E-state index contributed by atoms with van der Waals surface area (Å²) in [6, 6.07) is 14.0. The number of hydrogen-bond acceptors (Lipinski definition) is 5. The minimum Gasteiger partial charge on any atom is -0.496 e. The van der Waals surface area contributed by atoms with Crippen molar-refractivity contribution in [2.24, 2.45) is 0 Å². The zero-order valence-electron chi connectivity index (χ0n) is 25.4. The predicted octanol–water partition coefficient (Wildman–Crippen LogP) is 8.33. The summed E-state index contributed by atoms with van der Waals surface area (Å²) in [6.07, 6.45) is 2.72. The van der Waals surface area contributed by atoms with Crippen LogP contribution < -0.4 is 13.8 Å². The molecular formula is C32H39ClFNO5SSi. The van der Waals surface area contributed by atoms with Crippen molar-refractivity contribution in [3.8, 4) is 11.5 Å². The van der Waals surface area contributed by atoms with Crippen molar-refractivity contribution in [2.75, 3.05) is 18.0 Å². The first-order valence-electron chi connectivity index (χ1n) is 13.8. The molecule has 10 heteroatoms. The molecule has 0 fully saturated rings. The summed E-state index contributed by atoms with van der Waals surface area (Å²) < 4.78 is 62.7. The molecule has 1 aliphatic heterocycles. The molecule has 226 valence electrons. The molecule has 0 bridgehead atoms. The van der Waals surface area contributed by atoms with Crippen LogP contribution in [0.3, 0.4) is 0 Å². The van der Waals surface area contributed by atoms with Crippen molar-refractivity contribution >= 4 is 47.8 Å². The van der Waals surface area contributed by atoms with E-state index < -0.39 is 36.3 Å². The molecule has 6 nitrogen and oxygen atoms in total. The molecule has 1 heterocycles. The molecule has 3 aromatic rings. The molecule has 0 aliphatic carbocycles. The van der Waals surface area contributed by atoms with Gasteiger partial charge in [-0.1, -0.05) is 56.6 Å². The Labute approximate surface area is 255 Å². The van der Waals surface area contributed by atoms with E-state index in [0.29, 0.717) is 22.7 Å². The maximum absolute atomic E-state index is 14.4. The lowest BCUT2D eigenvalue weighted by molar-refractivity contribution is 0.0969. The van der Waals surface area contributed by atoms with Crippen LogP contribution in [0.4, 0.5) is 10.1 Å². The van der Waals surface area contributed by atoms with Gasteiger partial charge in [0.15, 0.2) is 8.32 Å². The van der Waals surface area contributed by atoms with Gasteiger partial charge in [0.1, 0.15) is 23.4 Å². The van der Waals surface area contributed by atoms with Crippen LogP contribution >= 0.6 is 11.6 Å². The first-order valence-corrected chi connectivity index (χ1v) is 18.6. The molecule has 2 unspecified atom stereocenters. The van der Waals surface area contributed by atoms with Crippen molar-refractivity contribution in [1.82, 2.24) is 0 Å². The van der Waals surface area contributed by atoms with E-state index in [2.05, 4.69) is 33.9 Å². The van der Waals surface area contributed by atoms with Crippen molar-refractivity contribution in [2.45, 2.75) is 69.8 Å². The van der Waals surface area contributed by atoms with Crippen LogP contribution in [0.2, 0.25) is 23.2 Å². The Morgan fingerprint density at radius 2 is 1.81 bits per heavy atom. The standard InChI is InChI=1S/C32H39ClFNO5SSi/c1-21-12-15-24(19-30(21)38-6)41(36,37)35-22(2)31(20-39-42(7,8)32(3,4)5)40-29-17-14-23(18-28(29)35)13-16-25-26(33)10-9-11-27(25)34/h9-19,22,31H,20H2,1-8H3. The zero-order chi connectivity index (χ0) is 31.0. The second-order valence-electron chi connectivity index (χ2n) is 12.1. The quantitative estimate of drug-likeness (QED) is 0.185. The number of rotatable bonds is 8. The van der Waals surface area contributed by atoms with Crippen LogP contribution in [0.15, 0.2) is 59.5 Å². The van der Waals surface area contributed by atoms with Crippen LogP contribution in [-0.4, -0.2) is 42.6 Å². The Balaban J connectivity index is 1.79. The number of anilines is 1. The number of ether oxygens (including phenoxy) is 2. The third-order valence-electron chi connectivity index (χ3n) is 8.20. The summed E-state index contributed by atoms with van der Waals surface area (Å²) in [6.45, 7) is 14.7. The van der Waals surface area contributed by atoms with Gasteiger partial charge in [-0.25, -0.2) is 12.8 Å². The highest BCUT2D eigenvalue weighted by atomic mass is 35.5. The molecule has 0 radical (unpaired) electrons. The molecule has 3 aromatic carbocycles. The van der Waals surface area contributed by atoms with E-state index in [1.807, 2.05) is 13.8 Å². The Morgan fingerprint density at radius 3 is 2.45 bits per heavy atom. The van der Waals surface area contributed by atoms with Gasteiger partial charge in [0.05, 0.1) is 35.4 Å². The highest BCUT2D eigenvalue weighted by molar-refractivity contribution is 7.92. The van der Waals surface area contributed by atoms with Gasteiger partial charge < -0.3 is 13.9 Å². The molecule has 4 rings (SSSR count). The summed E-state index contributed by atoms with van der Waals surface area (Å²) in [4.78, 5) is 0.104. The lowest BCUT2D eigenvalue weighted by Crippen LogP contribution is -2.54.